The number of alkyl halides is 2. The van der Waals surface area contributed by atoms with Gasteiger partial charge in [0.15, 0.2) is 0 Å². The van der Waals surface area contributed by atoms with E-state index in [2.05, 4.69) is 22.6 Å². The lowest BCUT2D eigenvalue weighted by Gasteiger charge is -2.04. The quantitative estimate of drug-likeness (QED) is 0.569. The number of carboxylic acids is 1. The molecule has 1 unspecified atom stereocenters. The third kappa shape index (κ3) is 7.97. The number of carbonyl (C=O) groups is 1. The predicted octanol–water partition coefficient (Wildman–Crippen LogP) is 2.66. The van der Waals surface area contributed by atoms with Gasteiger partial charge in [-0.15, -0.1) is 0 Å². The van der Waals surface area contributed by atoms with Gasteiger partial charge in [-0.2, -0.15) is 0 Å². The Morgan fingerprint density at radius 2 is 1.80 bits per heavy atom. The van der Waals surface area contributed by atoms with Gasteiger partial charge in [-0.25, -0.2) is 0 Å². The van der Waals surface area contributed by atoms with E-state index in [0.717, 1.165) is 0 Å². The molecule has 5 heteroatoms. The van der Waals surface area contributed by atoms with Gasteiger partial charge in [0.05, 0.1) is 15.0 Å². The fourth-order valence-corrected chi connectivity index (χ4v) is 1.18. The Labute approximate surface area is 116 Å². The maximum Gasteiger partial charge on any atom is 0.313 e. The highest BCUT2D eigenvalue weighted by Crippen LogP contribution is 2.21. The first kappa shape index (κ1) is 15.1. The van der Waals surface area contributed by atoms with Gasteiger partial charge in [0, 0.05) is 0 Å². The van der Waals surface area contributed by atoms with E-state index in [-0.39, 0.29) is 15.0 Å². The molecule has 84 valence electrons. The molecule has 0 fully saturated rings. The van der Waals surface area contributed by atoms with Crippen LogP contribution < -0.4 is 0 Å². The van der Waals surface area contributed by atoms with E-state index < -0.39 is 5.97 Å². The molecule has 0 aliphatic rings. The van der Waals surface area contributed by atoms with Crippen molar-refractivity contribution in [3.05, 3.63) is 35.9 Å². The van der Waals surface area contributed by atoms with Gasteiger partial charge in [0.25, 0.3) is 0 Å². The second-order valence-corrected chi connectivity index (χ2v) is 4.85. The van der Waals surface area contributed by atoms with Gasteiger partial charge in [0.2, 0.25) is 0 Å². The molecule has 0 saturated carbocycles. The summed E-state index contributed by atoms with van der Waals surface area (Å²) in [6.45, 7) is 0.213. The number of carboxylic acid groups (broad SMARTS) is 1. The van der Waals surface area contributed by atoms with Crippen molar-refractivity contribution in [1.29, 1.82) is 0 Å². The Hall–Kier alpha value is 0.110. The van der Waals surface area contributed by atoms with Crippen molar-refractivity contribution >= 4 is 51.2 Å². The van der Waals surface area contributed by atoms with Gasteiger partial charge in [-0.05, 0) is 5.56 Å². The monoisotopic (exact) mass is 434 g/mol. The van der Waals surface area contributed by atoms with Crippen LogP contribution in [0.2, 0.25) is 0 Å². The molecular weight excluding hydrogens is 422 g/mol. The predicted molar refractivity (Wildman–Crippen MR) is 76.8 cm³/mol. The van der Waals surface area contributed by atoms with E-state index >= 15 is 0 Å². The molecule has 1 aromatic carbocycles. The first-order valence-electron chi connectivity index (χ1n) is 4.19. The standard InChI is InChI=1S/C8H9IO.C2H3IO2/c9-8(6-10)7-4-2-1-3-5-7;3-1-2(4)5/h1-5,8,10H,6H2;1H2,(H,4,5). The van der Waals surface area contributed by atoms with E-state index in [1.165, 1.54) is 5.56 Å². The first-order valence-corrected chi connectivity index (χ1v) is 6.96. The van der Waals surface area contributed by atoms with Gasteiger partial charge in [0.1, 0.15) is 0 Å². The minimum atomic E-state index is -0.759. The Bertz CT molecular complexity index is 277. The molecule has 1 rings (SSSR count). The summed E-state index contributed by atoms with van der Waals surface area (Å²) in [7, 11) is 0. The van der Waals surface area contributed by atoms with Crippen LogP contribution in [0.3, 0.4) is 0 Å². The highest BCUT2D eigenvalue weighted by Gasteiger charge is 2.02. The number of aliphatic hydroxyl groups is 1. The lowest BCUT2D eigenvalue weighted by atomic mass is 10.2. The molecular formula is C10H12I2O3. The number of aliphatic carboxylic acids is 1. The molecule has 0 radical (unpaired) electrons. The maximum atomic E-state index is 9.36. The number of hydrogen-bond donors (Lipinski definition) is 2. The summed E-state index contributed by atoms with van der Waals surface area (Å²) in [6, 6.07) is 9.98. The molecule has 0 amide bonds. The van der Waals surface area contributed by atoms with E-state index in [1.807, 2.05) is 30.3 Å². The van der Waals surface area contributed by atoms with Crippen LogP contribution in [0.15, 0.2) is 30.3 Å². The van der Waals surface area contributed by atoms with Crippen LogP contribution in [-0.2, 0) is 4.79 Å². The zero-order chi connectivity index (χ0) is 11.7. The second kappa shape index (κ2) is 9.34. The van der Waals surface area contributed by atoms with Crippen LogP contribution >= 0.6 is 45.2 Å². The highest BCUT2D eigenvalue weighted by atomic mass is 127. The van der Waals surface area contributed by atoms with Gasteiger partial charge in [-0.3, -0.25) is 4.79 Å². The van der Waals surface area contributed by atoms with Crippen molar-refractivity contribution in [2.24, 2.45) is 0 Å². The summed E-state index contributed by atoms with van der Waals surface area (Å²) in [5.41, 5.74) is 1.19. The van der Waals surface area contributed by atoms with Crippen molar-refractivity contribution in [3.63, 3.8) is 0 Å². The third-order valence-corrected chi connectivity index (χ3v) is 3.20. The van der Waals surface area contributed by atoms with Crippen LogP contribution in [0.5, 0.6) is 0 Å². The van der Waals surface area contributed by atoms with Gasteiger partial charge in [-0.1, -0.05) is 75.5 Å². The van der Waals surface area contributed by atoms with E-state index in [1.54, 1.807) is 22.6 Å². The number of rotatable bonds is 3. The summed E-state index contributed by atoms with van der Waals surface area (Å²) in [4.78, 5) is 9.36. The average molecular weight is 434 g/mol. The summed E-state index contributed by atoms with van der Waals surface area (Å²) in [6.07, 6.45) is 0. The fourth-order valence-electron chi connectivity index (χ4n) is 0.767. The smallest absolute Gasteiger partial charge is 0.313 e. The Balaban J connectivity index is 0.000000336. The first-order chi connectivity index (χ1) is 7.11. The summed E-state index contributed by atoms with van der Waals surface area (Å²) in [5, 5.41) is 16.5. The largest absolute Gasteiger partial charge is 0.481 e. The SMILES string of the molecule is O=C(O)CI.OCC(I)c1ccccc1. The molecule has 0 heterocycles. The van der Waals surface area contributed by atoms with Crippen molar-refractivity contribution in [1.82, 2.24) is 0 Å². The molecule has 0 aromatic heterocycles. The molecule has 1 aromatic rings. The van der Waals surface area contributed by atoms with E-state index in [9.17, 15) is 4.79 Å². The average Bonchev–Trinajstić information content (AvgIpc) is 2.30. The molecule has 0 spiro atoms. The summed E-state index contributed by atoms with van der Waals surface area (Å²) in [5.74, 6) is -0.759. The van der Waals surface area contributed by atoms with Crippen LogP contribution in [0.1, 0.15) is 9.49 Å². The Morgan fingerprint density at radius 1 is 1.33 bits per heavy atom. The molecule has 15 heavy (non-hydrogen) atoms. The molecule has 0 aliphatic carbocycles. The van der Waals surface area contributed by atoms with Gasteiger partial charge < -0.3 is 10.2 Å². The normalized spacial score (nSPS) is 11.1. The fraction of sp³-hybridized carbons (Fsp3) is 0.300. The van der Waals surface area contributed by atoms with Crippen LogP contribution in [0.4, 0.5) is 0 Å². The number of hydrogen-bond acceptors (Lipinski definition) is 2. The zero-order valence-corrected chi connectivity index (χ0v) is 12.3. The lowest BCUT2D eigenvalue weighted by molar-refractivity contribution is -0.133. The summed E-state index contributed by atoms with van der Waals surface area (Å²) < 4.78 is 0.427. The molecule has 3 nitrogen and oxygen atoms in total. The van der Waals surface area contributed by atoms with Crippen molar-refractivity contribution in [2.45, 2.75) is 3.92 Å². The Kier molecular flexibility index (Phi) is 9.41. The lowest BCUT2D eigenvalue weighted by Crippen LogP contribution is -1.93. The Morgan fingerprint density at radius 3 is 2.13 bits per heavy atom. The second-order valence-electron chi connectivity index (χ2n) is 2.59. The number of benzene rings is 1. The van der Waals surface area contributed by atoms with Crippen LogP contribution in [0, 0.1) is 0 Å². The van der Waals surface area contributed by atoms with Crippen molar-refractivity contribution in [2.75, 3.05) is 11.0 Å². The third-order valence-electron chi connectivity index (χ3n) is 1.44. The highest BCUT2D eigenvalue weighted by molar-refractivity contribution is 14.1. The molecule has 1 atom stereocenters. The van der Waals surface area contributed by atoms with Gasteiger partial charge >= 0.3 is 5.97 Å². The van der Waals surface area contributed by atoms with Crippen molar-refractivity contribution in [3.8, 4) is 0 Å². The van der Waals surface area contributed by atoms with Crippen molar-refractivity contribution < 1.29 is 15.0 Å². The molecule has 0 saturated heterocycles. The topological polar surface area (TPSA) is 57.5 Å². The van der Waals surface area contributed by atoms with Crippen LogP contribution in [0.25, 0.3) is 0 Å². The number of halogens is 2. The number of aliphatic hydroxyl groups excluding tert-OH is 1. The van der Waals surface area contributed by atoms with E-state index in [4.69, 9.17) is 10.2 Å². The zero-order valence-electron chi connectivity index (χ0n) is 7.94. The molecule has 0 aliphatic heterocycles. The maximum absolute atomic E-state index is 9.36. The molecule has 0 bridgehead atoms. The van der Waals surface area contributed by atoms with Crippen LogP contribution in [-0.4, -0.2) is 27.2 Å². The summed E-state index contributed by atoms with van der Waals surface area (Å²) >= 11 is 4.00. The minimum Gasteiger partial charge on any atom is -0.481 e. The molecule has 2 N–H and O–H groups in total. The van der Waals surface area contributed by atoms with E-state index in [0.29, 0.717) is 0 Å². The minimum absolute atomic E-state index is 0.192.